The molecule has 3 N–H and O–H groups in total. The molecule has 0 radical (unpaired) electrons. The molecule has 0 aromatic carbocycles. The van der Waals surface area contributed by atoms with E-state index in [-0.39, 0.29) is 12.0 Å². The maximum absolute atomic E-state index is 11.9. The summed E-state index contributed by atoms with van der Waals surface area (Å²) in [5, 5.41) is 21.1. The standard InChI is InChI=1S/C13H18N2O4/c1-8-2-3-12(19-8)13(18)15-9-4-5-14-10(6-9)11(17)7-16/h4-6,8,11-12,16-17H,2-3,7H2,1H3,(H,14,15,18)/t8?,11?,12-/m1/s1. The summed E-state index contributed by atoms with van der Waals surface area (Å²) in [5.41, 5.74) is 0.853. The van der Waals surface area contributed by atoms with Crippen molar-refractivity contribution in [1.82, 2.24) is 4.98 Å². The lowest BCUT2D eigenvalue weighted by Crippen LogP contribution is -2.27. The van der Waals surface area contributed by atoms with E-state index in [9.17, 15) is 9.90 Å². The predicted molar refractivity (Wildman–Crippen MR) is 68.5 cm³/mol. The van der Waals surface area contributed by atoms with Gasteiger partial charge >= 0.3 is 0 Å². The topological polar surface area (TPSA) is 91.7 Å². The Morgan fingerprint density at radius 2 is 2.42 bits per heavy atom. The average Bonchev–Trinajstić information content (AvgIpc) is 2.85. The first-order chi connectivity index (χ1) is 9.10. The Morgan fingerprint density at radius 3 is 3.05 bits per heavy atom. The van der Waals surface area contributed by atoms with Gasteiger partial charge in [0.1, 0.15) is 12.2 Å². The van der Waals surface area contributed by atoms with Crippen molar-refractivity contribution in [3.63, 3.8) is 0 Å². The van der Waals surface area contributed by atoms with E-state index < -0.39 is 18.8 Å². The largest absolute Gasteiger partial charge is 0.393 e. The van der Waals surface area contributed by atoms with Crippen LogP contribution in [0.15, 0.2) is 18.3 Å². The summed E-state index contributed by atoms with van der Waals surface area (Å²) < 4.78 is 5.48. The molecule has 104 valence electrons. The molecular weight excluding hydrogens is 248 g/mol. The van der Waals surface area contributed by atoms with Crippen LogP contribution in [-0.4, -0.2) is 39.9 Å². The number of aliphatic hydroxyl groups is 2. The first kappa shape index (κ1) is 13.9. The molecule has 1 aliphatic heterocycles. The molecule has 1 fully saturated rings. The molecule has 1 aromatic heterocycles. The number of aromatic nitrogens is 1. The van der Waals surface area contributed by atoms with Crippen LogP contribution in [-0.2, 0) is 9.53 Å². The quantitative estimate of drug-likeness (QED) is 0.742. The molecule has 6 nitrogen and oxygen atoms in total. The Hall–Kier alpha value is -1.50. The number of nitrogens with zero attached hydrogens (tertiary/aromatic N) is 1. The molecule has 0 saturated carbocycles. The number of carbonyl (C=O) groups excluding carboxylic acids is 1. The van der Waals surface area contributed by atoms with Crippen LogP contribution in [0.5, 0.6) is 0 Å². The molecule has 0 aliphatic carbocycles. The van der Waals surface area contributed by atoms with Crippen LogP contribution >= 0.6 is 0 Å². The minimum absolute atomic E-state index is 0.111. The van der Waals surface area contributed by atoms with Crippen molar-refractivity contribution >= 4 is 11.6 Å². The lowest BCUT2D eigenvalue weighted by molar-refractivity contribution is -0.126. The van der Waals surface area contributed by atoms with Gasteiger partial charge in [0, 0.05) is 11.9 Å². The first-order valence-electron chi connectivity index (χ1n) is 6.31. The van der Waals surface area contributed by atoms with Crippen LogP contribution in [0.1, 0.15) is 31.6 Å². The van der Waals surface area contributed by atoms with Gasteiger partial charge in [0.2, 0.25) is 0 Å². The molecule has 2 unspecified atom stereocenters. The Kier molecular flexibility index (Phi) is 4.47. The third kappa shape index (κ3) is 3.50. The minimum Gasteiger partial charge on any atom is -0.393 e. The fourth-order valence-electron chi connectivity index (χ4n) is 2.02. The normalized spacial score (nSPS) is 24.2. The average molecular weight is 266 g/mol. The summed E-state index contributed by atoms with van der Waals surface area (Å²) in [6.07, 6.45) is 1.71. The minimum atomic E-state index is -1.04. The highest BCUT2D eigenvalue weighted by molar-refractivity contribution is 5.94. The van der Waals surface area contributed by atoms with E-state index in [0.717, 1.165) is 6.42 Å². The zero-order valence-corrected chi connectivity index (χ0v) is 10.7. The smallest absolute Gasteiger partial charge is 0.253 e. The van der Waals surface area contributed by atoms with Gasteiger partial charge in [-0.25, -0.2) is 0 Å². The summed E-state index contributed by atoms with van der Waals surface area (Å²) in [6, 6.07) is 3.17. The highest BCUT2D eigenvalue weighted by Gasteiger charge is 2.28. The van der Waals surface area contributed by atoms with Crippen molar-refractivity contribution in [2.45, 2.75) is 38.1 Å². The molecule has 0 spiro atoms. The van der Waals surface area contributed by atoms with E-state index in [1.165, 1.54) is 12.3 Å². The van der Waals surface area contributed by atoms with Gasteiger partial charge in [-0.1, -0.05) is 0 Å². The monoisotopic (exact) mass is 266 g/mol. The van der Waals surface area contributed by atoms with E-state index in [0.29, 0.717) is 17.8 Å². The highest BCUT2D eigenvalue weighted by Crippen LogP contribution is 2.21. The van der Waals surface area contributed by atoms with Crippen LogP contribution in [0.25, 0.3) is 0 Å². The number of hydrogen-bond donors (Lipinski definition) is 3. The van der Waals surface area contributed by atoms with Crippen LogP contribution in [0.2, 0.25) is 0 Å². The van der Waals surface area contributed by atoms with Crippen LogP contribution in [0.3, 0.4) is 0 Å². The summed E-state index contributed by atoms with van der Waals surface area (Å²) in [4.78, 5) is 15.9. The zero-order chi connectivity index (χ0) is 13.8. The van der Waals surface area contributed by atoms with Crippen LogP contribution in [0, 0.1) is 0 Å². The number of carbonyl (C=O) groups is 1. The molecule has 2 heterocycles. The van der Waals surface area contributed by atoms with E-state index >= 15 is 0 Å². The number of anilines is 1. The molecule has 19 heavy (non-hydrogen) atoms. The number of hydrogen-bond acceptors (Lipinski definition) is 5. The third-order valence-electron chi connectivity index (χ3n) is 3.09. The second-order valence-corrected chi connectivity index (χ2v) is 4.67. The highest BCUT2D eigenvalue weighted by atomic mass is 16.5. The second kappa shape index (κ2) is 6.10. The van der Waals surface area contributed by atoms with Gasteiger partial charge in [-0.2, -0.15) is 0 Å². The van der Waals surface area contributed by atoms with Crippen molar-refractivity contribution in [2.75, 3.05) is 11.9 Å². The van der Waals surface area contributed by atoms with Crippen molar-refractivity contribution in [2.24, 2.45) is 0 Å². The second-order valence-electron chi connectivity index (χ2n) is 4.67. The van der Waals surface area contributed by atoms with Crippen LogP contribution in [0.4, 0.5) is 5.69 Å². The lowest BCUT2D eigenvalue weighted by atomic mass is 10.2. The van der Waals surface area contributed by atoms with E-state index in [2.05, 4.69) is 10.3 Å². The number of nitrogens with one attached hydrogen (secondary N) is 1. The molecule has 2 rings (SSSR count). The van der Waals surface area contributed by atoms with Gasteiger partial charge < -0.3 is 20.3 Å². The van der Waals surface area contributed by atoms with Crippen molar-refractivity contribution in [3.05, 3.63) is 24.0 Å². The molecule has 0 bridgehead atoms. The zero-order valence-electron chi connectivity index (χ0n) is 10.7. The van der Waals surface area contributed by atoms with E-state index in [4.69, 9.17) is 9.84 Å². The maximum atomic E-state index is 11.9. The van der Waals surface area contributed by atoms with Crippen LogP contribution < -0.4 is 5.32 Å². The molecule has 1 aromatic rings. The first-order valence-corrected chi connectivity index (χ1v) is 6.31. The molecule has 1 aliphatic rings. The third-order valence-corrected chi connectivity index (χ3v) is 3.09. The molecule has 6 heteroatoms. The summed E-state index contributed by atoms with van der Waals surface area (Å²) in [6.45, 7) is 1.53. The van der Waals surface area contributed by atoms with Crippen molar-refractivity contribution in [1.29, 1.82) is 0 Å². The predicted octanol–water partition coefficient (Wildman–Crippen LogP) is 0.613. The lowest BCUT2D eigenvalue weighted by Gasteiger charge is -2.13. The van der Waals surface area contributed by atoms with Gasteiger partial charge in [-0.3, -0.25) is 9.78 Å². The number of pyridine rings is 1. The Morgan fingerprint density at radius 1 is 1.63 bits per heavy atom. The Bertz CT molecular complexity index is 452. The fraction of sp³-hybridized carbons (Fsp3) is 0.538. The summed E-state index contributed by atoms with van der Waals surface area (Å²) in [7, 11) is 0. The summed E-state index contributed by atoms with van der Waals surface area (Å²) >= 11 is 0. The molecular formula is C13H18N2O4. The number of aliphatic hydroxyl groups excluding tert-OH is 2. The summed E-state index contributed by atoms with van der Waals surface area (Å²) in [5.74, 6) is -0.194. The van der Waals surface area contributed by atoms with Crippen molar-refractivity contribution in [3.8, 4) is 0 Å². The van der Waals surface area contributed by atoms with Gasteiger partial charge in [-0.15, -0.1) is 0 Å². The van der Waals surface area contributed by atoms with Crippen molar-refractivity contribution < 1.29 is 19.7 Å². The number of amides is 1. The van der Waals surface area contributed by atoms with Gasteiger partial charge in [0.05, 0.1) is 18.4 Å². The molecule has 1 saturated heterocycles. The fourth-order valence-corrected chi connectivity index (χ4v) is 2.02. The SMILES string of the molecule is CC1CC[C@H](C(=O)Nc2ccnc(C(O)CO)c2)O1. The molecule has 1 amide bonds. The van der Waals surface area contributed by atoms with Gasteiger partial charge in [0.15, 0.2) is 0 Å². The number of rotatable bonds is 4. The Balaban J connectivity index is 2.00. The molecule has 3 atom stereocenters. The van der Waals surface area contributed by atoms with E-state index in [1.54, 1.807) is 6.07 Å². The maximum Gasteiger partial charge on any atom is 0.253 e. The van der Waals surface area contributed by atoms with Gasteiger partial charge in [-0.05, 0) is 31.9 Å². The number of ether oxygens (including phenoxy) is 1. The van der Waals surface area contributed by atoms with Gasteiger partial charge in [0.25, 0.3) is 5.91 Å². The van der Waals surface area contributed by atoms with E-state index in [1.807, 2.05) is 6.92 Å². The Labute approximate surface area is 111 Å².